The van der Waals surface area contributed by atoms with E-state index in [-0.39, 0.29) is 18.1 Å². The molecule has 0 radical (unpaired) electrons. The van der Waals surface area contributed by atoms with Gasteiger partial charge in [0.05, 0.1) is 13.1 Å². The summed E-state index contributed by atoms with van der Waals surface area (Å²) in [7, 11) is 0. The van der Waals surface area contributed by atoms with Crippen LogP contribution in [-0.4, -0.2) is 27.5 Å². The summed E-state index contributed by atoms with van der Waals surface area (Å²) in [5.41, 5.74) is 1.17. The fraction of sp³-hybridized carbons (Fsp3) is 0.250. The highest BCUT2D eigenvalue weighted by Gasteiger charge is 2.39. The number of hydrogen-bond acceptors (Lipinski definition) is 6. The first-order valence-corrected chi connectivity index (χ1v) is 5.96. The van der Waals surface area contributed by atoms with Crippen molar-refractivity contribution in [2.45, 2.75) is 12.7 Å². The molecule has 0 fully saturated rings. The SMILES string of the molecule is FC(F)(F)c1nc(C2=NON(Cc3ccccc3)C2)no1. The van der Waals surface area contributed by atoms with Crippen molar-refractivity contribution in [3.8, 4) is 0 Å². The maximum atomic E-state index is 12.4. The highest BCUT2D eigenvalue weighted by molar-refractivity contribution is 5.98. The fourth-order valence-electron chi connectivity index (χ4n) is 1.77. The van der Waals surface area contributed by atoms with Gasteiger partial charge in [0, 0.05) is 0 Å². The molecular formula is C12H9F3N4O2. The first-order valence-electron chi connectivity index (χ1n) is 5.96. The van der Waals surface area contributed by atoms with Crippen molar-refractivity contribution in [2.75, 3.05) is 6.54 Å². The molecule has 0 saturated carbocycles. The predicted octanol–water partition coefficient (Wildman–Crippen LogP) is 2.24. The molecule has 0 atom stereocenters. The quantitative estimate of drug-likeness (QED) is 0.869. The summed E-state index contributed by atoms with van der Waals surface area (Å²) in [5, 5.41) is 8.41. The molecule has 1 aliphatic rings. The number of oxime groups is 1. The lowest BCUT2D eigenvalue weighted by Crippen LogP contribution is -2.22. The Bertz CT molecular complexity index is 654. The van der Waals surface area contributed by atoms with E-state index in [1.807, 2.05) is 30.3 Å². The molecule has 6 nitrogen and oxygen atoms in total. The van der Waals surface area contributed by atoms with Crippen molar-refractivity contribution in [3.63, 3.8) is 0 Å². The molecule has 2 heterocycles. The number of aromatic nitrogens is 2. The summed E-state index contributed by atoms with van der Waals surface area (Å²) >= 11 is 0. The van der Waals surface area contributed by atoms with Gasteiger partial charge in [-0.25, -0.2) is 0 Å². The van der Waals surface area contributed by atoms with Gasteiger partial charge in [0.1, 0.15) is 5.71 Å². The zero-order chi connectivity index (χ0) is 14.9. The van der Waals surface area contributed by atoms with Crippen LogP contribution >= 0.6 is 0 Å². The summed E-state index contributed by atoms with van der Waals surface area (Å²) in [4.78, 5) is 8.30. The topological polar surface area (TPSA) is 63.8 Å². The van der Waals surface area contributed by atoms with E-state index in [0.29, 0.717) is 6.54 Å². The van der Waals surface area contributed by atoms with Crippen LogP contribution in [0.2, 0.25) is 0 Å². The third-order valence-electron chi connectivity index (χ3n) is 2.72. The number of hydrogen-bond donors (Lipinski definition) is 0. The minimum absolute atomic E-state index is 0.172. The Labute approximate surface area is 116 Å². The molecular weight excluding hydrogens is 289 g/mol. The zero-order valence-corrected chi connectivity index (χ0v) is 10.5. The van der Waals surface area contributed by atoms with Gasteiger partial charge in [0.15, 0.2) is 0 Å². The molecule has 0 aliphatic carbocycles. The van der Waals surface area contributed by atoms with Gasteiger partial charge in [-0.1, -0.05) is 40.6 Å². The second-order valence-electron chi connectivity index (χ2n) is 4.32. The van der Waals surface area contributed by atoms with E-state index < -0.39 is 12.1 Å². The Hall–Kier alpha value is -2.42. The summed E-state index contributed by atoms with van der Waals surface area (Å²) in [6.07, 6.45) is -4.67. The van der Waals surface area contributed by atoms with E-state index in [2.05, 4.69) is 19.8 Å². The first-order chi connectivity index (χ1) is 10.0. The van der Waals surface area contributed by atoms with Crippen molar-refractivity contribution in [1.82, 2.24) is 15.2 Å². The average molecular weight is 298 g/mol. The van der Waals surface area contributed by atoms with Gasteiger partial charge in [0.2, 0.25) is 5.82 Å². The third kappa shape index (κ3) is 3.02. The molecule has 0 saturated heterocycles. The summed E-state index contributed by atoms with van der Waals surface area (Å²) in [6.45, 7) is 0.615. The molecule has 0 spiro atoms. The lowest BCUT2D eigenvalue weighted by molar-refractivity contribution is -0.159. The molecule has 1 aliphatic heterocycles. The molecule has 1 aromatic carbocycles. The number of alkyl halides is 3. The first kappa shape index (κ1) is 13.6. The lowest BCUT2D eigenvalue weighted by atomic mass is 10.2. The zero-order valence-electron chi connectivity index (χ0n) is 10.5. The lowest BCUT2D eigenvalue weighted by Gasteiger charge is -2.10. The largest absolute Gasteiger partial charge is 0.471 e. The minimum atomic E-state index is -4.67. The maximum absolute atomic E-state index is 12.4. The Balaban J connectivity index is 1.65. The van der Waals surface area contributed by atoms with Crippen molar-refractivity contribution in [2.24, 2.45) is 5.16 Å². The molecule has 3 rings (SSSR count). The second kappa shape index (κ2) is 5.17. The second-order valence-corrected chi connectivity index (χ2v) is 4.32. The molecule has 1 aromatic heterocycles. The van der Waals surface area contributed by atoms with E-state index in [4.69, 9.17) is 4.94 Å². The van der Waals surface area contributed by atoms with Crippen LogP contribution in [0.25, 0.3) is 0 Å². The molecule has 21 heavy (non-hydrogen) atoms. The molecule has 0 bridgehead atoms. The Morgan fingerprint density at radius 2 is 1.95 bits per heavy atom. The van der Waals surface area contributed by atoms with Crippen LogP contribution in [-0.2, 0) is 17.7 Å². The number of rotatable bonds is 3. The van der Waals surface area contributed by atoms with Gasteiger partial charge >= 0.3 is 12.1 Å². The van der Waals surface area contributed by atoms with Crippen molar-refractivity contribution in [1.29, 1.82) is 0 Å². The third-order valence-corrected chi connectivity index (χ3v) is 2.72. The molecule has 0 unspecified atom stereocenters. The van der Waals surface area contributed by atoms with Crippen molar-refractivity contribution in [3.05, 3.63) is 47.6 Å². The van der Waals surface area contributed by atoms with Crippen LogP contribution in [0, 0.1) is 0 Å². The Morgan fingerprint density at radius 3 is 2.62 bits per heavy atom. The van der Waals surface area contributed by atoms with Gasteiger partial charge in [-0.05, 0) is 5.56 Å². The van der Waals surface area contributed by atoms with Crippen LogP contribution in [0.5, 0.6) is 0 Å². The molecule has 0 N–H and O–H groups in total. The predicted molar refractivity (Wildman–Crippen MR) is 63.8 cm³/mol. The van der Waals surface area contributed by atoms with Gasteiger partial charge in [-0.2, -0.15) is 18.2 Å². The van der Waals surface area contributed by atoms with E-state index in [1.54, 1.807) is 0 Å². The van der Waals surface area contributed by atoms with Gasteiger partial charge < -0.3 is 4.52 Å². The molecule has 2 aromatic rings. The monoisotopic (exact) mass is 298 g/mol. The fourth-order valence-corrected chi connectivity index (χ4v) is 1.77. The number of nitrogens with zero attached hydrogens (tertiary/aromatic N) is 4. The van der Waals surface area contributed by atoms with Crippen LogP contribution < -0.4 is 0 Å². The molecule has 9 heteroatoms. The number of benzene rings is 1. The standard InChI is InChI=1S/C12H9F3N4O2/c13-12(14,15)11-16-10(18-20-11)9-7-19(21-17-9)6-8-4-2-1-3-5-8/h1-5H,6-7H2. The van der Waals surface area contributed by atoms with Crippen LogP contribution in [0.3, 0.4) is 0 Å². The van der Waals surface area contributed by atoms with E-state index in [0.717, 1.165) is 5.56 Å². The van der Waals surface area contributed by atoms with Gasteiger partial charge in [-0.3, -0.25) is 4.94 Å². The van der Waals surface area contributed by atoms with Crippen molar-refractivity contribution >= 4 is 5.71 Å². The van der Waals surface area contributed by atoms with E-state index in [9.17, 15) is 13.2 Å². The maximum Gasteiger partial charge on any atom is 0.471 e. The molecule has 110 valence electrons. The normalized spacial score (nSPS) is 15.9. The smallest absolute Gasteiger partial charge is 0.329 e. The van der Waals surface area contributed by atoms with E-state index >= 15 is 0 Å². The highest BCUT2D eigenvalue weighted by Crippen LogP contribution is 2.27. The van der Waals surface area contributed by atoms with E-state index in [1.165, 1.54) is 5.06 Å². The Kier molecular flexibility index (Phi) is 3.34. The number of halogens is 3. The molecule has 0 amide bonds. The average Bonchev–Trinajstić information content (AvgIpc) is 3.07. The van der Waals surface area contributed by atoms with Gasteiger partial charge in [-0.15, -0.1) is 5.06 Å². The van der Waals surface area contributed by atoms with Gasteiger partial charge in [0.25, 0.3) is 0 Å². The Morgan fingerprint density at radius 1 is 1.19 bits per heavy atom. The van der Waals surface area contributed by atoms with Crippen LogP contribution in [0.4, 0.5) is 13.2 Å². The van der Waals surface area contributed by atoms with Crippen LogP contribution in [0.15, 0.2) is 40.0 Å². The van der Waals surface area contributed by atoms with Crippen molar-refractivity contribution < 1.29 is 22.6 Å². The summed E-state index contributed by atoms with van der Waals surface area (Å²) < 4.78 is 41.3. The summed E-state index contributed by atoms with van der Waals surface area (Å²) in [6, 6.07) is 9.44. The minimum Gasteiger partial charge on any atom is -0.329 e. The summed E-state index contributed by atoms with van der Waals surface area (Å²) in [5.74, 6) is -1.63. The highest BCUT2D eigenvalue weighted by atomic mass is 19.4. The van der Waals surface area contributed by atoms with Crippen LogP contribution in [0.1, 0.15) is 17.3 Å². The number of hydroxylamine groups is 2.